The van der Waals surface area contributed by atoms with Crippen LogP contribution < -0.4 is 5.32 Å². The molecule has 2 aromatic rings. The number of hydrogen-bond acceptors (Lipinski definition) is 2. The maximum Gasteiger partial charge on any atom is 0.127 e. The Morgan fingerprint density at radius 1 is 0.950 bits per heavy atom. The molecule has 2 atom stereocenters. The minimum Gasteiger partial charge on any atom is -0.508 e. The molecule has 1 unspecified atom stereocenters. The number of phenols is 1. The molecule has 0 aliphatic heterocycles. The fourth-order valence-corrected chi connectivity index (χ4v) is 2.25. The second kappa shape index (κ2) is 6.01. The molecule has 0 heterocycles. The van der Waals surface area contributed by atoms with Crippen molar-refractivity contribution in [2.24, 2.45) is 0 Å². The minimum absolute atomic E-state index is 0.0205. The summed E-state index contributed by atoms with van der Waals surface area (Å²) in [7, 11) is 0. The first-order chi connectivity index (χ1) is 9.49. The summed E-state index contributed by atoms with van der Waals surface area (Å²) in [5, 5.41) is 12.9. The fraction of sp³-hybridized carbons (Fsp3) is 0.250. The largest absolute Gasteiger partial charge is 0.508 e. The molecule has 0 bridgehead atoms. The van der Waals surface area contributed by atoms with Gasteiger partial charge in [-0.15, -0.1) is 0 Å². The SMILES string of the molecule is CC(N[C@H](C)c1ccccc1F)c1cc(F)ccc1O. The predicted octanol–water partition coefficient (Wildman–Crippen LogP) is 4.08. The number of aromatic hydroxyl groups is 1. The Bertz CT molecular complexity index is 601. The number of halogens is 2. The van der Waals surface area contributed by atoms with Crippen LogP contribution >= 0.6 is 0 Å². The summed E-state index contributed by atoms with van der Waals surface area (Å²) in [4.78, 5) is 0. The summed E-state index contributed by atoms with van der Waals surface area (Å²) < 4.78 is 26.9. The van der Waals surface area contributed by atoms with Crippen molar-refractivity contribution in [1.82, 2.24) is 5.32 Å². The van der Waals surface area contributed by atoms with Crippen molar-refractivity contribution in [3.8, 4) is 5.75 Å². The predicted molar refractivity (Wildman–Crippen MR) is 74.4 cm³/mol. The van der Waals surface area contributed by atoms with Gasteiger partial charge >= 0.3 is 0 Å². The van der Waals surface area contributed by atoms with Crippen molar-refractivity contribution >= 4 is 0 Å². The highest BCUT2D eigenvalue weighted by atomic mass is 19.1. The van der Waals surface area contributed by atoms with Gasteiger partial charge in [-0.3, -0.25) is 0 Å². The molecule has 4 heteroatoms. The van der Waals surface area contributed by atoms with Crippen LogP contribution in [0.5, 0.6) is 5.75 Å². The molecule has 0 saturated heterocycles. The second-order valence-electron chi connectivity index (χ2n) is 4.83. The maximum atomic E-state index is 13.7. The molecule has 2 rings (SSSR count). The lowest BCUT2D eigenvalue weighted by molar-refractivity contribution is 0.430. The number of benzene rings is 2. The Balaban J connectivity index is 2.17. The van der Waals surface area contributed by atoms with E-state index in [-0.39, 0.29) is 23.7 Å². The van der Waals surface area contributed by atoms with E-state index in [2.05, 4.69) is 5.32 Å². The van der Waals surface area contributed by atoms with Crippen molar-refractivity contribution in [1.29, 1.82) is 0 Å². The Morgan fingerprint density at radius 3 is 2.30 bits per heavy atom. The monoisotopic (exact) mass is 277 g/mol. The van der Waals surface area contributed by atoms with Crippen LogP contribution in [0.15, 0.2) is 42.5 Å². The Morgan fingerprint density at radius 2 is 1.60 bits per heavy atom. The summed E-state index contributed by atoms with van der Waals surface area (Å²) in [6.07, 6.45) is 0. The van der Waals surface area contributed by atoms with Crippen molar-refractivity contribution in [2.45, 2.75) is 25.9 Å². The summed E-state index contributed by atoms with van der Waals surface area (Å²) in [5.74, 6) is -0.680. The van der Waals surface area contributed by atoms with E-state index < -0.39 is 5.82 Å². The number of rotatable bonds is 4. The van der Waals surface area contributed by atoms with Crippen LogP contribution in [0.3, 0.4) is 0 Å². The van der Waals surface area contributed by atoms with Crippen molar-refractivity contribution in [3.63, 3.8) is 0 Å². The molecule has 20 heavy (non-hydrogen) atoms. The van der Waals surface area contributed by atoms with Crippen LogP contribution in [-0.2, 0) is 0 Å². The molecule has 0 saturated carbocycles. The van der Waals surface area contributed by atoms with E-state index in [0.717, 1.165) is 0 Å². The van der Waals surface area contributed by atoms with E-state index in [9.17, 15) is 13.9 Å². The topological polar surface area (TPSA) is 32.3 Å². The van der Waals surface area contributed by atoms with Crippen molar-refractivity contribution < 1.29 is 13.9 Å². The maximum absolute atomic E-state index is 13.7. The molecular weight excluding hydrogens is 260 g/mol. The van der Waals surface area contributed by atoms with Crippen LogP contribution in [0.1, 0.15) is 37.1 Å². The molecule has 0 aromatic heterocycles. The zero-order valence-corrected chi connectivity index (χ0v) is 11.4. The number of nitrogens with one attached hydrogen (secondary N) is 1. The zero-order valence-electron chi connectivity index (χ0n) is 11.4. The molecule has 2 nitrogen and oxygen atoms in total. The molecule has 0 aliphatic carbocycles. The molecule has 0 fully saturated rings. The lowest BCUT2D eigenvalue weighted by Gasteiger charge is -2.21. The van der Waals surface area contributed by atoms with E-state index in [1.807, 2.05) is 6.92 Å². The van der Waals surface area contributed by atoms with Crippen LogP contribution in [0.25, 0.3) is 0 Å². The lowest BCUT2D eigenvalue weighted by atomic mass is 10.0. The molecule has 0 amide bonds. The molecule has 0 aliphatic rings. The first kappa shape index (κ1) is 14.5. The van der Waals surface area contributed by atoms with Gasteiger partial charge < -0.3 is 10.4 Å². The third-order valence-electron chi connectivity index (χ3n) is 3.33. The highest BCUT2D eigenvalue weighted by Crippen LogP contribution is 2.27. The van der Waals surface area contributed by atoms with Gasteiger partial charge in [0, 0.05) is 23.2 Å². The summed E-state index contributed by atoms with van der Waals surface area (Å²) in [5.41, 5.74) is 0.989. The first-order valence-electron chi connectivity index (χ1n) is 6.48. The average molecular weight is 277 g/mol. The molecule has 0 radical (unpaired) electrons. The lowest BCUT2D eigenvalue weighted by Crippen LogP contribution is -2.23. The van der Waals surface area contributed by atoms with Crippen LogP contribution in [0.2, 0.25) is 0 Å². The van der Waals surface area contributed by atoms with Crippen LogP contribution in [-0.4, -0.2) is 5.11 Å². The van der Waals surface area contributed by atoms with Gasteiger partial charge in [0.2, 0.25) is 0 Å². The molecule has 106 valence electrons. The van der Waals surface area contributed by atoms with Gasteiger partial charge in [0.15, 0.2) is 0 Å². The third-order valence-corrected chi connectivity index (χ3v) is 3.33. The summed E-state index contributed by atoms with van der Waals surface area (Å²) >= 11 is 0. The standard InChI is InChI=1S/C16H17F2NO/c1-10(13-5-3-4-6-15(13)18)19-11(2)14-9-12(17)7-8-16(14)20/h3-11,19-20H,1-2H3/t10-,11?/m1/s1. The van der Waals surface area contributed by atoms with Gasteiger partial charge in [0.25, 0.3) is 0 Å². The van der Waals surface area contributed by atoms with Gasteiger partial charge in [-0.25, -0.2) is 8.78 Å². The average Bonchev–Trinajstić information content (AvgIpc) is 2.41. The Labute approximate surface area is 117 Å². The molecule has 2 aromatic carbocycles. The second-order valence-corrected chi connectivity index (χ2v) is 4.83. The number of phenolic OH excluding ortho intramolecular Hbond substituents is 1. The molecule has 2 N–H and O–H groups in total. The van der Waals surface area contributed by atoms with Gasteiger partial charge in [-0.1, -0.05) is 18.2 Å². The van der Waals surface area contributed by atoms with Gasteiger partial charge in [-0.2, -0.15) is 0 Å². The van der Waals surface area contributed by atoms with E-state index in [1.54, 1.807) is 25.1 Å². The highest BCUT2D eigenvalue weighted by Gasteiger charge is 2.16. The number of hydrogen-bond donors (Lipinski definition) is 2. The van der Waals surface area contributed by atoms with Crippen LogP contribution in [0, 0.1) is 11.6 Å². The fourth-order valence-electron chi connectivity index (χ4n) is 2.25. The normalized spacial score (nSPS) is 14.0. The highest BCUT2D eigenvalue weighted by molar-refractivity contribution is 5.35. The summed E-state index contributed by atoms with van der Waals surface area (Å²) in [6, 6.07) is 9.73. The third kappa shape index (κ3) is 3.14. The Kier molecular flexibility index (Phi) is 4.35. The van der Waals surface area contributed by atoms with Crippen molar-refractivity contribution in [3.05, 3.63) is 65.2 Å². The first-order valence-corrected chi connectivity index (χ1v) is 6.48. The molecule has 0 spiro atoms. The van der Waals surface area contributed by atoms with Gasteiger partial charge in [0.1, 0.15) is 17.4 Å². The smallest absolute Gasteiger partial charge is 0.127 e. The quantitative estimate of drug-likeness (QED) is 0.882. The molecular formula is C16H17F2NO. The van der Waals surface area contributed by atoms with E-state index in [4.69, 9.17) is 0 Å². The van der Waals surface area contributed by atoms with E-state index in [0.29, 0.717) is 11.1 Å². The summed E-state index contributed by atoms with van der Waals surface area (Å²) in [6.45, 7) is 3.62. The zero-order chi connectivity index (χ0) is 14.7. The Hall–Kier alpha value is -1.94. The van der Waals surface area contributed by atoms with Crippen LogP contribution in [0.4, 0.5) is 8.78 Å². The van der Waals surface area contributed by atoms with E-state index in [1.165, 1.54) is 24.3 Å². The minimum atomic E-state index is -0.412. The van der Waals surface area contributed by atoms with Gasteiger partial charge in [0.05, 0.1) is 0 Å². The van der Waals surface area contributed by atoms with Gasteiger partial charge in [-0.05, 0) is 38.1 Å². The van der Waals surface area contributed by atoms with Crippen molar-refractivity contribution in [2.75, 3.05) is 0 Å². The van der Waals surface area contributed by atoms with E-state index >= 15 is 0 Å².